The van der Waals surface area contributed by atoms with Gasteiger partial charge in [-0.25, -0.2) is 4.79 Å². The first-order valence-electron chi connectivity index (χ1n) is 8.10. The highest BCUT2D eigenvalue weighted by molar-refractivity contribution is 6.76. The lowest BCUT2D eigenvalue weighted by molar-refractivity contribution is -0.129. The lowest BCUT2D eigenvalue weighted by Gasteiger charge is -2.29. The molecule has 4 nitrogen and oxygen atoms in total. The van der Waals surface area contributed by atoms with Gasteiger partial charge in [-0.2, -0.15) is 0 Å². The molecular weight excluding hydrogens is 316 g/mol. The van der Waals surface area contributed by atoms with Gasteiger partial charge in [0.2, 0.25) is 0 Å². The molecular formula is C19H22N2O2Si. The molecule has 5 heteroatoms. The second-order valence-corrected chi connectivity index (χ2v) is 12.8. The van der Waals surface area contributed by atoms with Gasteiger partial charge < -0.3 is 5.32 Å². The second kappa shape index (κ2) is 5.91. The minimum Gasteiger partial charge on any atom is -0.316 e. The van der Waals surface area contributed by atoms with Gasteiger partial charge in [0.1, 0.15) is 0 Å². The van der Waals surface area contributed by atoms with Crippen molar-refractivity contribution >= 4 is 20.0 Å². The average Bonchev–Trinajstić information content (AvgIpc) is 2.81. The number of urea groups is 1. The molecule has 124 valence electrons. The third kappa shape index (κ3) is 2.76. The number of hydrogen-bond donors (Lipinski definition) is 1. The molecule has 3 rings (SSSR count). The summed E-state index contributed by atoms with van der Waals surface area (Å²) in [4.78, 5) is 27.4. The number of nitrogens with one attached hydrogen (secondary N) is 1. The normalized spacial score (nSPS) is 17.0. The average molecular weight is 338 g/mol. The van der Waals surface area contributed by atoms with E-state index in [-0.39, 0.29) is 11.9 Å². The van der Waals surface area contributed by atoms with Crippen LogP contribution >= 0.6 is 0 Å². The zero-order valence-electron chi connectivity index (χ0n) is 14.2. The smallest absolute Gasteiger partial charge is 0.316 e. The number of amides is 3. The first-order chi connectivity index (χ1) is 11.3. The van der Waals surface area contributed by atoms with Crippen molar-refractivity contribution in [3.8, 4) is 0 Å². The van der Waals surface area contributed by atoms with E-state index in [9.17, 15) is 9.59 Å². The number of imide groups is 1. The molecule has 3 amide bonds. The quantitative estimate of drug-likeness (QED) is 0.686. The summed E-state index contributed by atoms with van der Waals surface area (Å²) >= 11 is 0. The summed E-state index contributed by atoms with van der Waals surface area (Å²) in [6.07, 6.45) is 0.513. The summed E-state index contributed by atoms with van der Waals surface area (Å²) in [7, 11) is -1.63. The number of rotatable bonds is 4. The van der Waals surface area contributed by atoms with Crippen LogP contribution in [-0.4, -0.2) is 31.1 Å². The standard InChI is InChI=1S/C19H22N2O2Si/c1-24(2,3)14-21-17(22)19(20-18(21)23,15-10-6-4-7-11-15)16-12-8-5-9-13-16/h4-13H,14H2,1-3H3,(H,20,23). The molecule has 2 aromatic rings. The Bertz CT molecular complexity index is 714. The molecule has 0 unspecified atom stereocenters. The van der Waals surface area contributed by atoms with Crippen LogP contribution in [0.15, 0.2) is 60.7 Å². The van der Waals surface area contributed by atoms with E-state index in [1.807, 2.05) is 60.7 Å². The molecule has 0 atom stereocenters. The highest BCUT2D eigenvalue weighted by atomic mass is 28.3. The van der Waals surface area contributed by atoms with Crippen LogP contribution in [0.5, 0.6) is 0 Å². The number of hydrogen-bond acceptors (Lipinski definition) is 2. The van der Waals surface area contributed by atoms with Crippen LogP contribution in [0.25, 0.3) is 0 Å². The van der Waals surface area contributed by atoms with E-state index < -0.39 is 13.6 Å². The van der Waals surface area contributed by atoms with Gasteiger partial charge in [-0.15, -0.1) is 0 Å². The Morgan fingerprint density at radius 3 is 1.75 bits per heavy atom. The number of carbonyl (C=O) groups is 2. The predicted molar refractivity (Wildman–Crippen MR) is 97.3 cm³/mol. The van der Waals surface area contributed by atoms with Gasteiger partial charge in [0.05, 0.1) is 8.07 Å². The minimum atomic E-state index is -1.63. The molecule has 0 spiro atoms. The maximum atomic E-state index is 13.4. The number of carbonyl (C=O) groups excluding carboxylic acids is 2. The van der Waals surface area contributed by atoms with E-state index in [1.54, 1.807) is 0 Å². The van der Waals surface area contributed by atoms with Gasteiger partial charge in [-0.05, 0) is 11.1 Å². The third-order valence-corrected chi connectivity index (χ3v) is 5.42. The van der Waals surface area contributed by atoms with Gasteiger partial charge in [-0.1, -0.05) is 80.3 Å². The Morgan fingerprint density at radius 1 is 0.875 bits per heavy atom. The number of benzene rings is 2. The molecule has 1 saturated heterocycles. The van der Waals surface area contributed by atoms with Gasteiger partial charge in [-0.3, -0.25) is 9.69 Å². The highest BCUT2D eigenvalue weighted by Crippen LogP contribution is 2.36. The molecule has 24 heavy (non-hydrogen) atoms. The van der Waals surface area contributed by atoms with Crippen molar-refractivity contribution in [1.82, 2.24) is 10.2 Å². The molecule has 1 aliphatic heterocycles. The Kier molecular flexibility index (Phi) is 4.05. The molecule has 0 radical (unpaired) electrons. The zero-order valence-corrected chi connectivity index (χ0v) is 15.2. The van der Waals surface area contributed by atoms with Crippen LogP contribution in [0.4, 0.5) is 4.79 Å². The summed E-state index contributed by atoms with van der Waals surface area (Å²) in [6, 6.07) is 18.6. The van der Waals surface area contributed by atoms with Gasteiger partial charge in [0, 0.05) is 6.17 Å². The molecule has 0 aliphatic carbocycles. The van der Waals surface area contributed by atoms with E-state index >= 15 is 0 Å². The van der Waals surface area contributed by atoms with E-state index in [0.29, 0.717) is 6.17 Å². The van der Waals surface area contributed by atoms with Crippen LogP contribution in [-0.2, 0) is 10.3 Å². The minimum absolute atomic E-state index is 0.188. The fraction of sp³-hybridized carbons (Fsp3) is 0.263. The first kappa shape index (κ1) is 16.5. The molecule has 2 aromatic carbocycles. The lowest BCUT2D eigenvalue weighted by Crippen LogP contribution is -2.47. The third-order valence-electron chi connectivity index (χ3n) is 4.15. The largest absolute Gasteiger partial charge is 0.325 e. The Labute approximate surface area is 143 Å². The maximum Gasteiger partial charge on any atom is 0.325 e. The Balaban J connectivity index is 2.14. The fourth-order valence-corrected chi connectivity index (χ4v) is 4.36. The summed E-state index contributed by atoms with van der Waals surface area (Å²) in [5.74, 6) is -0.188. The summed E-state index contributed by atoms with van der Waals surface area (Å²) in [6.45, 7) is 6.45. The monoisotopic (exact) mass is 338 g/mol. The second-order valence-electron chi connectivity index (χ2n) is 7.36. The molecule has 0 bridgehead atoms. The Morgan fingerprint density at radius 2 is 1.33 bits per heavy atom. The van der Waals surface area contributed by atoms with Gasteiger partial charge in [0.15, 0.2) is 5.54 Å². The molecule has 0 saturated carbocycles. The molecule has 1 fully saturated rings. The van der Waals surface area contributed by atoms with E-state index in [4.69, 9.17) is 0 Å². The van der Waals surface area contributed by atoms with Crippen LogP contribution in [0.2, 0.25) is 19.6 Å². The van der Waals surface area contributed by atoms with Crippen molar-refractivity contribution in [2.75, 3.05) is 6.17 Å². The summed E-state index contributed by atoms with van der Waals surface area (Å²) in [5.41, 5.74) is 0.430. The Hall–Kier alpha value is -2.40. The van der Waals surface area contributed by atoms with E-state index in [0.717, 1.165) is 11.1 Å². The van der Waals surface area contributed by atoms with Gasteiger partial charge in [0.25, 0.3) is 5.91 Å². The van der Waals surface area contributed by atoms with Crippen molar-refractivity contribution in [2.45, 2.75) is 25.2 Å². The van der Waals surface area contributed by atoms with Crippen LogP contribution < -0.4 is 5.32 Å². The summed E-state index contributed by atoms with van der Waals surface area (Å²) in [5, 5.41) is 2.98. The van der Waals surface area contributed by atoms with Crippen LogP contribution in [0.3, 0.4) is 0 Å². The molecule has 0 aromatic heterocycles. The zero-order chi connectivity index (χ0) is 17.4. The maximum absolute atomic E-state index is 13.4. The SMILES string of the molecule is C[Si](C)(C)CN1C(=O)NC(c2ccccc2)(c2ccccc2)C1=O. The van der Waals surface area contributed by atoms with Crippen molar-refractivity contribution in [3.05, 3.63) is 71.8 Å². The topological polar surface area (TPSA) is 49.4 Å². The van der Waals surface area contributed by atoms with Crippen molar-refractivity contribution < 1.29 is 9.59 Å². The van der Waals surface area contributed by atoms with Crippen LogP contribution in [0.1, 0.15) is 11.1 Å². The molecule has 1 aliphatic rings. The predicted octanol–water partition coefficient (Wildman–Crippen LogP) is 3.36. The van der Waals surface area contributed by atoms with E-state index in [2.05, 4.69) is 25.0 Å². The fourth-order valence-electron chi connectivity index (χ4n) is 3.13. The highest BCUT2D eigenvalue weighted by Gasteiger charge is 2.54. The van der Waals surface area contributed by atoms with Crippen molar-refractivity contribution in [1.29, 1.82) is 0 Å². The van der Waals surface area contributed by atoms with Crippen molar-refractivity contribution in [3.63, 3.8) is 0 Å². The van der Waals surface area contributed by atoms with Crippen molar-refractivity contribution in [2.24, 2.45) is 0 Å². The molecule has 1 heterocycles. The molecule has 1 N–H and O–H groups in total. The van der Waals surface area contributed by atoms with Gasteiger partial charge >= 0.3 is 6.03 Å². The lowest BCUT2D eigenvalue weighted by atomic mass is 9.83. The van der Waals surface area contributed by atoms with Crippen LogP contribution in [0, 0.1) is 0 Å². The summed E-state index contributed by atoms with van der Waals surface area (Å²) < 4.78 is 0. The first-order valence-corrected chi connectivity index (χ1v) is 11.8. The van der Waals surface area contributed by atoms with E-state index in [1.165, 1.54) is 4.90 Å². The number of nitrogens with zero attached hydrogens (tertiary/aromatic N) is 1.